The average molecular weight is 309 g/mol. The van der Waals surface area contributed by atoms with Gasteiger partial charge < -0.3 is 10.2 Å². The first-order valence-electron chi connectivity index (χ1n) is 7.67. The summed E-state index contributed by atoms with van der Waals surface area (Å²) in [4.78, 5) is 31.5. The molecule has 0 radical (unpaired) electrons. The minimum atomic E-state index is -0.117. The molecule has 1 aliphatic rings. The van der Waals surface area contributed by atoms with Gasteiger partial charge in [0.1, 0.15) is 0 Å². The summed E-state index contributed by atoms with van der Waals surface area (Å²) in [6, 6.07) is 0. The number of aryl methyl sites for hydroxylation is 1. The molecule has 2 rings (SSSR count). The third kappa shape index (κ3) is 4.27. The second-order valence-electron chi connectivity index (χ2n) is 5.40. The molecule has 0 bridgehead atoms. The first kappa shape index (κ1) is 15.9. The average Bonchev–Trinajstić information content (AvgIpc) is 2.95. The molecule has 1 aromatic heterocycles. The molecule has 1 saturated heterocycles. The lowest BCUT2D eigenvalue weighted by atomic mass is 9.97. The molecule has 1 atom stereocenters. The molecule has 6 heteroatoms. The van der Waals surface area contributed by atoms with Crippen LogP contribution in [0.25, 0.3) is 0 Å². The minimum Gasteiger partial charge on any atom is -0.342 e. The Morgan fingerprint density at radius 2 is 2.29 bits per heavy atom. The van der Waals surface area contributed by atoms with E-state index in [9.17, 15) is 9.59 Å². The zero-order valence-electron chi connectivity index (χ0n) is 12.7. The molecule has 0 spiro atoms. The van der Waals surface area contributed by atoms with Crippen LogP contribution in [-0.4, -0.2) is 34.8 Å². The van der Waals surface area contributed by atoms with E-state index in [1.165, 1.54) is 11.3 Å². The maximum Gasteiger partial charge on any atom is 0.231 e. The number of nitrogens with zero attached hydrogens (tertiary/aromatic N) is 2. The number of likely N-dealkylation sites (tertiary alicyclic amines) is 1. The Kier molecular flexibility index (Phi) is 5.73. The number of nitrogens with one attached hydrogen (secondary N) is 1. The van der Waals surface area contributed by atoms with Crippen LogP contribution in [0.5, 0.6) is 0 Å². The molecular formula is C15H23N3O2S. The fourth-order valence-corrected chi connectivity index (χ4v) is 3.28. The van der Waals surface area contributed by atoms with Crippen molar-refractivity contribution in [2.24, 2.45) is 5.92 Å². The third-order valence-electron chi connectivity index (χ3n) is 3.74. The molecule has 2 heterocycles. The highest BCUT2D eigenvalue weighted by Crippen LogP contribution is 2.22. The number of anilines is 1. The Labute approximate surface area is 129 Å². The molecule has 0 aromatic carbocycles. The number of carbonyl (C=O) groups is 2. The normalized spacial score (nSPS) is 18.6. The van der Waals surface area contributed by atoms with Crippen LogP contribution >= 0.6 is 11.3 Å². The molecule has 0 unspecified atom stereocenters. The molecule has 5 nitrogen and oxygen atoms in total. The molecule has 1 fully saturated rings. The monoisotopic (exact) mass is 309 g/mol. The van der Waals surface area contributed by atoms with Crippen molar-refractivity contribution in [3.05, 3.63) is 11.1 Å². The fraction of sp³-hybridized carbons (Fsp3) is 0.667. The van der Waals surface area contributed by atoms with Gasteiger partial charge in [0.2, 0.25) is 11.8 Å². The van der Waals surface area contributed by atoms with E-state index < -0.39 is 0 Å². The topological polar surface area (TPSA) is 62.3 Å². The smallest absolute Gasteiger partial charge is 0.231 e. The van der Waals surface area contributed by atoms with Crippen molar-refractivity contribution in [3.63, 3.8) is 0 Å². The molecule has 21 heavy (non-hydrogen) atoms. The van der Waals surface area contributed by atoms with Gasteiger partial charge in [-0.25, -0.2) is 4.98 Å². The highest BCUT2D eigenvalue weighted by molar-refractivity contribution is 7.15. The maximum absolute atomic E-state index is 12.3. The van der Waals surface area contributed by atoms with Crippen molar-refractivity contribution in [2.75, 3.05) is 18.4 Å². The lowest BCUT2D eigenvalue weighted by molar-refractivity contribution is -0.134. The molecule has 1 aromatic rings. The van der Waals surface area contributed by atoms with Crippen molar-refractivity contribution in [2.45, 2.75) is 46.0 Å². The van der Waals surface area contributed by atoms with E-state index in [1.54, 1.807) is 6.20 Å². The standard InChI is InChI=1S/C15H23N3O2S/c1-3-6-13(19)18-8-5-7-11(10-18)14(20)17-15-16-9-12(4-2)21-15/h9,11H,3-8,10H2,1-2H3,(H,16,17,20)/t11-/m0/s1. The van der Waals surface area contributed by atoms with Crippen LogP contribution in [0.3, 0.4) is 0 Å². The minimum absolute atomic E-state index is 0.0130. The Morgan fingerprint density at radius 1 is 1.48 bits per heavy atom. The molecule has 116 valence electrons. The second kappa shape index (κ2) is 7.54. The van der Waals surface area contributed by atoms with Gasteiger partial charge in [-0.3, -0.25) is 9.59 Å². The molecule has 1 N–H and O–H groups in total. The third-order valence-corrected chi connectivity index (χ3v) is 4.80. The number of piperidine rings is 1. The maximum atomic E-state index is 12.3. The number of aromatic nitrogens is 1. The van der Waals surface area contributed by atoms with E-state index in [4.69, 9.17) is 0 Å². The Morgan fingerprint density at radius 3 is 2.95 bits per heavy atom. The lowest BCUT2D eigenvalue weighted by Crippen LogP contribution is -2.43. The van der Waals surface area contributed by atoms with Crippen LogP contribution in [0.2, 0.25) is 0 Å². The number of thiazole rings is 1. The summed E-state index contributed by atoms with van der Waals surface area (Å²) in [5, 5.41) is 3.55. The van der Waals surface area contributed by atoms with Crippen LogP contribution in [-0.2, 0) is 16.0 Å². The summed E-state index contributed by atoms with van der Waals surface area (Å²) < 4.78 is 0. The molecule has 0 aliphatic carbocycles. The van der Waals surface area contributed by atoms with Crippen LogP contribution in [0.15, 0.2) is 6.20 Å². The van der Waals surface area contributed by atoms with Gasteiger partial charge in [0.15, 0.2) is 5.13 Å². The first-order chi connectivity index (χ1) is 10.1. The van der Waals surface area contributed by atoms with Crippen LogP contribution in [0, 0.1) is 5.92 Å². The summed E-state index contributed by atoms with van der Waals surface area (Å²) in [6.07, 6.45) is 5.89. The van der Waals surface area contributed by atoms with E-state index >= 15 is 0 Å². The fourth-order valence-electron chi connectivity index (χ4n) is 2.53. The van der Waals surface area contributed by atoms with Crippen LogP contribution < -0.4 is 5.32 Å². The highest BCUT2D eigenvalue weighted by Gasteiger charge is 2.28. The zero-order valence-corrected chi connectivity index (χ0v) is 13.5. The number of carbonyl (C=O) groups excluding carboxylic acids is 2. The predicted molar refractivity (Wildman–Crippen MR) is 84.3 cm³/mol. The zero-order chi connectivity index (χ0) is 15.2. The predicted octanol–water partition coefficient (Wildman–Crippen LogP) is 2.68. The van der Waals surface area contributed by atoms with E-state index in [1.807, 2.05) is 11.8 Å². The van der Waals surface area contributed by atoms with Gasteiger partial charge in [0.25, 0.3) is 0 Å². The summed E-state index contributed by atoms with van der Waals surface area (Å²) in [7, 11) is 0. The van der Waals surface area contributed by atoms with Gasteiger partial charge in [-0.15, -0.1) is 11.3 Å². The van der Waals surface area contributed by atoms with Crippen LogP contribution in [0.1, 0.15) is 44.4 Å². The number of rotatable bonds is 5. The van der Waals surface area contributed by atoms with Crippen molar-refractivity contribution >= 4 is 28.3 Å². The summed E-state index contributed by atoms with van der Waals surface area (Å²) >= 11 is 1.52. The van der Waals surface area contributed by atoms with Gasteiger partial charge in [0.05, 0.1) is 5.92 Å². The van der Waals surface area contributed by atoms with Gasteiger partial charge >= 0.3 is 0 Å². The summed E-state index contributed by atoms with van der Waals surface area (Å²) in [5.74, 6) is 0.0343. The number of hydrogen-bond donors (Lipinski definition) is 1. The molecule has 2 amide bonds. The molecule has 0 saturated carbocycles. The van der Waals surface area contributed by atoms with Crippen molar-refractivity contribution < 1.29 is 9.59 Å². The first-order valence-corrected chi connectivity index (χ1v) is 8.49. The van der Waals surface area contributed by atoms with E-state index in [-0.39, 0.29) is 17.7 Å². The summed E-state index contributed by atoms with van der Waals surface area (Å²) in [5.41, 5.74) is 0. The summed E-state index contributed by atoms with van der Waals surface area (Å²) in [6.45, 7) is 5.38. The SMILES string of the molecule is CCCC(=O)N1CCC[C@H](C(=O)Nc2ncc(CC)s2)C1. The second-order valence-corrected chi connectivity index (χ2v) is 6.52. The Balaban J connectivity index is 1.91. The van der Waals surface area contributed by atoms with E-state index in [2.05, 4.69) is 17.2 Å². The molecule has 1 aliphatic heterocycles. The Bertz CT molecular complexity index is 501. The van der Waals surface area contributed by atoms with E-state index in [0.29, 0.717) is 18.1 Å². The van der Waals surface area contributed by atoms with Crippen molar-refractivity contribution in [1.82, 2.24) is 9.88 Å². The van der Waals surface area contributed by atoms with Gasteiger partial charge in [0, 0.05) is 30.6 Å². The lowest BCUT2D eigenvalue weighted by Gasteiger charge is -2.31. The Hall–Kier alpha value is -1.43. The van der Waals surface area contributed by atoms with E-state index in [0.717, 1.165) is 37.1 Å². The number of amides is 2. The van der Waals surface area contributed by atoms with Crippen LogP contribution in [0.4, 0.5) is 5.13 Å². The largest absolute Gasteiger partial charge is 0.342 e. The van der Waals surface area contributed by atoms with Gasteiger partial charge in [-0.2, -0.15) is 0 Å². The highest BCUT2D eigenvalue weighted by atomic mass is 32.1. The number of hydrogen-bond acceptors (Lipinski definition) is 4. The van der Waals surface area contributed by atoms with Gasteiger partial charge in [-0.1, -0.05) is 13.8 Å². The van der Waals surface area contributed by atoms with Crippen molar-refractivity contribution in [3.8, 4) is 0 Å². The van der Waals surface area contributed by atoms with Gasteiger partial charge in [-0.05, 0) is 25.7 Å². The van der Waals surface area contributed by atoms with Crippen molar-refractivity contribution in [1.29, 1.82) is 0 Å². The molecular weight excluding hydrogens is 286 g/mol. The quantitative estimate of drug-likeness (QED) is 0.909.